The standard InChI is InChI=1S/C19H34N6O9/c20-8-2-1-3-12(19(33)34)24-18(32)13(9-26)25-17(31)11(5-6-14(22)27)23-16(30)10(21)4-7-15(28)29/h10-13,26H,1-9,20-21H2,(H2,22,27)(H,23,30)(H,24,32)(H,25,31)(H,28,29)(H,33,34). The van der Waals surface area contributed by atoms with Gasteiger partial charge in [0.1, 0.15) is 18.1 Å². The molecule has 34 heavy (non-hydrogen) atoms. The van der Waals surface area contributed by atoms with Gasteiger partial charge in [-0.15, -0.1) is 0 Å². The number of aliphatic carboxylic acids is 2. The zero-order valence-electron chi connectivity index (χ0n) is 18.7. The van der Waals surface area contributed by atoms with Crippen LogP contribution in [0.25, 0.3) is 0 Å². The number of carboxylic acid groups (broad SMARTS) is 2. The second-order valence-electron chi connectivity index (χ2n) is 7.53. The number of carbonyl (C=O) groups excluding carboxylic acids is 4. The van der Waals surface area contributed by atoms with Gasteiger partial charge in [-0.25, -0.2) is 4.79 Å². The van der Waals surface area contributed by atoms with Crippen LogP contribution in [0.1, 0.15) is 44.9 Å². The smallest absolute Gasteiger partial charge is 0.326 e. The third kappa shape index (κ3) is 12.7. The zero-order chi connectivity index (χ0) is 26.3. The first kappa shape index (κ1) is 30.7. The molecule has 4 atom stereocenters. The molecule has 0 fully saturated rings. The zero-order valence-corrected chi connectivity index (χ0v) is 18.7. The summed E-state index contributed by atoms with van der Waals surface area (Å²) in [5, 5.41) is 34.1. The quantitative estimate of drug-likeness (QED) is 0.0837. The normalized spacial score (nSPS) is 14.2. The highest BCUT2D eigenvalue weighted by atomic mass is 16.4. The highest BCUT2D eigenvalue weighted by Gasteiger charge is 2.30. The molecule has 0 aliphatic heterocycles. The van der Waals surface area contributed by atoms with E-state index in [9.17, 15) is 39.0 Å². The van der Waals surface area contributed by atoms with Crippen LogP contribution >= 0.6 is 0 Å². The van der Waals surface area contributed by atoms with Crippen molar-refractivity contribution in [1.82, 2.24) is 16.0 Å². The molecule has 0 rings (SSSR count). The SMILES string of the molecule is NCCCCC(NC(=O)C(CO)NC(=O)C(CCC(N)=O)NC(=O)C(N)CCC(=O)O)C(=O)O. The van der Waals surface area contributed by atoms with Crippen LogP contribution in [0.2, 0.25) is 0 Å². The molecular weight excluding hydrogens is 456 g/mol. The van der Waals surface area contributed by atoms with Crippen molar-refractivity contribution in [3.05, 3.63) is 0 Å². The molecule has 0 aliphatic rings. The van der Waals surface area contributed by atoms with Crippen LogP contribution in [-0.2, 0) is 28.8 Å². The summed E-state index contributed by atoms with van der Waals surface area (Å²) in [6.07, 6.45) is -0.155. The van der Waals surface area contributed by atoms with Gasteiger partial charge in [0.2, 0.25) is 23.6 Å². The molecule has 0 heterocycles. The molecule has 0 saturated carbocycles. The Morgan fingerprint density at radius 1 is 0.735 bits per heavy atom. The number of primary amides is 1. The molecule has 0 spiro atoms. The van der Waals surface area contributed by atoms with Gasteiger partial charge in [-0.3, -0.25) is 24.0 Å². The van der Waals surface area contributed by atoms with Gasteiger partial charge in [0.25, 0.3) is 0 Å². The van der Waals surface area contributed by atoms with Gasteiger partial charge in [-0.1, -0.05) is 0 Å². The van der Waals surface area contributed by atoms with Crippen LogP contribution in [0.5, 0.6) is 0 Å². The van der Waals surface area contributed by atoms with E-state index in [4.69, 9.17) is 22.3 Å². The number of nitrogens with one attached hydrogen (secondary N) is 3. The van der Waals surface area contributed by atoms with Crippen molar-refractivity contribution in [3.63, 3.8) is 0 Å². The Kier molecular flexibility index (Phi) is 14.7. The maximum atomic E-state index is 12.7. The fraction of sp³-hybridized carbons (Fsp3) is 0.684. The lowest BCUT2D eigenvalue weighted by Gasteiger charge is -2.24. The molecule has 4 amide bonds. The Hall–Kier alpha value is -3.30. The van der Waals surface area contributed by atoms with E-state index in [1.165, 1.54) is 0 Å². The van der Waals surface area contributed by atoms with E-state index in [0.717, 1.165) is 0 Å². The first-order valence-electron chi connectivity index (χ1n) is 10.6. The topological polar surface area (TPSA) is 277 Å². The number of carbonyl (C=O) groups is 6. The average Bonchev–Trinajstić information content (AvgIpc) is 2.76. The van der Waals surface area contributed by atoms with Gasteiger partial charge >= 0.3 is 11.9 Å². The summed E-state index contributed by atoms with van der Waals surface area (Å²) in [7, 11) is 0. The van der Waals surface area contributed by atoms with Crippen molar-refractivity contribution in [2.24, 2.45) is 17.2 Å². The number of aliphatic hydroxyl groups excluding tert-OH is 1. The van der Waals surface area contributed by atoms with Gasteiger partial charge in [-0.05, 0) is 38.6 Å². The van der Waals surface area contributed by atoms with Gasteiger partial charge in [0.15, 0.2) is 0 Å². The Balaban J connectivity index is 5.24. The number of nitrogens with two attached hydrogens (primary N) is 3. The van der Waals surface area contributed by atoms with E-state index in [1.54, 1.807) is 0 Å². The predicted octanol–water partition coefficient (Wildman–Crippen LogP) is -3.90. The maximum absolute atomic E-state index is 12.7. The molecule has 12 N–H and O–H groups in total. The number of amides is 4. The van der Waals surface area contributed by atoms with Crippen molar-refractivity contribution < 1.29 is 44.1 Å². The van der Waals surface area contributed by atoms with Crippen molar-refractivity contribution >= 4 is 35.6 Å². The average molecular weight is 491 g/mol. The van der Waals surface area contributed by atoms with E-state index in [1.807, 2.05) is 0 Å². The number of hydrogen-bond donors (Lipinski definition) is 9. The van der Waals surface area contributed by atoms with Crippen LogP contribution < -0.4 is 33.2 Å². The Morgan fingerprint density at radius 2 is 1.29 bits per heavy atom. The molecule has 15 heteroatoms. The lowest BCUT2D eigenvalue weighted by molar-refractivity contribution is -0.143. The van der Waals surface area contributed by atoms with Crippen LogP contribution in [0.3, 0.4) is 0 Å². The first-order chi connectivity index (χ1) is 15.9. The van der Waals surface area contributed by atoms with Crippen LogP contribution in [-0.4, -0.2) is 88.2 Å². The van der Waals surface area contributed by atoms with Gasteiger partial charge in [0, 0.05) is 12.8 Å². The van der Waals surface area contributed by atoms with Gasteiger partial charge in [-0.2, -0.15) is 0 Å². The van der Waals surface area contributed by atoms with E-state index in [2.05, 4.69) is 16.0 Å². The molecule has 194 valence electrons. The minimum absolute atomic E-state index is 0.0793. The van der Waals surface area contributed by atoms with E-state index >= 15 is 0 Å². The summed E-state index contributed by atoms with van der Waals surface area (Å²) in [4.78, 5) is 70.4. The Labute approximate surface area is 195 Å². The van der Waals surface area contributed by atoms with Gasteiger partial charge in [0.05, 0.1) is 12.6 Å². The molecule has 0 aromatic carbocycles. The van der Waals surface area contributed by atoms with Crippen molar-refractivity contribution in [2.45, 2.75) is 69.1 Å². The fourth-order valence-corrected chi connectivity index (χ4v) is 2.73. The molecule has 0 aliphatic carbocycles. The predicted molar refractivity (Wildman–Crippen MR) is 117 cm³/mol. The molecule has 0 aromatic heterocycles. The number of carboxylic acids is 2. The molecular formula is C19H34N6O9. The first-order valence-corrected chi connectivity index (χ1v) is 10.6. The number of hydrogen-bond acceptors (Lipinski definition) is 9. The number of aliphatic hydroxyl groups is 1. The highest BCUT2D eigenvalue weighted by Crippen LogP contribution is 2.04. The second-order valence-corrected chi connectivity index (χ2v) is 7.53. The summed E-state index contributed by atoms with van der Waals surface area (Å²) < 4.78 is 0. The number of unbranched alkanes of at least 4 members (excludes halogenated alkanes) is 1. The monoisotopic (exact) mass is 490 g/mol. The lowest BCUT2D eigenvalue weighted by atomic mass is 10.1. The Bertz CT molecular complexity index is 733. The summed E-state index contributed by atoms with van der Waals surface area (Å²) in [6, 6.07) is -5.49. The van der Waals surface area contributed by atoms with E-state index in [-0.39, 0.29) is 25.7 Å². The molecule has 0 radical (unpaired) electrons. The molecule has 15 nitrogen and oxygen atoms in total. The summed E-state index contributed by atoms with van der Waals surface area (Å²) >= 11 is 0. The largest absolute Gasteiger partial charge is 0.481 e. The van der Waals surface area contributed by atoms with E-state index < -0.39 is 72.8 Å². The van der Waals surface area contributed by atoms with Crippen molar-refractivity contribution in [1.29, 1.82) is 0 Å². The van der Waals surface area contributed by atoms with Crippen LogP contribution in [0.15, 0.2) is 0 Å². The van der Waals surface area contributed by atoms with Crippen molar-refractivity contribution in [3.8, 4) is 0 Å². The summed E-state index contributed by atoms with van der Waals surface area (Å²) in [5.41, 5.74) is 16.1. The molecule has 0 saturated heterocycles. The third-order valence-electron chi connectivity index (χ3n) is 4.70. The lowest BCUT2D eigenvalue weighted by Crippen LogP contribution is -2.58. The molecule has 4 unspecified atom stereocenters. The third-order valence-corrected chi connectivity index (χ3v) is 4.70. The fourth-order valence-electron chi connectivity index (χ4n) is 2.73. The minimum atomic E-state index is -1.56. The molecule has 0 bridgehead atoms. The molecule has 0 aromatic rings. The summed E-state index contributed by atoms with van der Waals surface area (Å²) in [6.45, 7) is -0.546. The summed E-state index contributed by atoms with van der Waals surface area (Å²) in [5.74, 6) is -6.08. The van der Waals surface area contributed by atoms with Crippen LogP contribution in [0.4, 0.5) is 0 Å². The maximum Gasteiger partial charge on any atom is 0.326 e. The van der Waals surface area contributed by atoms with Gasteiger partial charge < -0.3 is 48.5 Å². The minimum Gasteiger partial charge on any atom is -0.481 e. The second kappa shape index (κ2) is 16.3. The van der Waals surface area contributed by atoms with Crippen LogP contribution in [0, 0.1) is 0 Å². The van der Waals surface area contributed by atoms with E-state index in [0.29, 0.717) is 19.4 Å². The Morgan fingerprint density at radius 3 is 1.79 bits per heavy atom. The number of rotatable bonds is 18. The van der Waals surface area contributed by atoms with Crippen molar-refractivity contribution in [2.75, 3.05) is 13.2 Å². The highest BCUT2D eigenvalue weighted by molar-refractivity contribution is 5.94.